The fourth-order valence-corrected chi connectivity index (χ4v) is 1.33. The van der Waals surface area contributed by atoms with Crippen LogP contribution in [-0.2, 0) is 4.79 Å². The molecule has 1 rings (SSSR count). The van der Waals surface area contributed by atoms with Gasteiger partial charge in [-0.3, -0.25) is 10.0 Å². The lowest BCUT2D eigenvalue weighted by Crippen LogP contribution is -2.40. The Morgan fingerprint density at radius 2 is 2.45 bits per heavy atom. The third kappa shape index (κ3) is 2.17. The van der Waals surface area contributed by atoms with Gasteiger partial charge in [0.1, 0.15) is 0 Å². The Bertz CT molecular complexity index is 141. The molecule has 1 amide bonds. The number of rotatable bonds is 1. The van der Waals surface area contributed by atoms with Crippen molar-refractivity contribution in [1.82, 2.24) is 10.4 Å². The molecule has 2 N–H and O–H groups in total. The van der Waals surface area contributed by atoms with Gasteiger partial charge in [0.15, 0.2) is 0 Å². The molecule has 0 spiro atoms. The number of nitrogens with zero attached hydrogens (tertiary/aromatic N) is 1. The van der Waals surface area contributed by atoms with Crippen LogP contribution in [0.15, 0.2) is 0 Å². The van der Waals surface area contributed by atoms with Crippen LogP contribution in [0.2, 0.25) is 0 Å². The fourth-order valence-electron chi connectivity index (χ4n) is 1.33. The summed E-state index contributed by atoms with van der Waals surface area (Å²) in [6.45, 7) is 1.68. The maximum absolute atomic E-state index is 11.1. The normalized spacial score (nSPS) is 24.7. The second-order valence-corrected chi connectivity index (χ2v) is 2.91. The lowest BCUT2D eigenvalue weighted by molar-refractivity contribution is -0.164. The van der Waals surface area contributed by atoms with Crippen molar-refractivity contribution in [2.45, 2.75) is 12.8 Å². The van der Waals surface area contributed by atoms with Crippen LogP contribution in [0, 0.1) is 5.92 Å². The molecule has 0 bridgehead atoms. The summed E-state index contributed by atoms with van der Waals surface area (Å²) < 4.78 is 0. The number of hydrogen-bond acceptors (Lipinski definition) is 3. The molecule has 1 aliphatic heterocycles. The van der Waals surface area contributed by atoms with E-state index in [2.05, 4.69) is 5.32 Å². The number of hydrogen-bond donors (Lipinski definition) is 2. The van der Waals surface area contributed by atoms with Gasteiger partial charge in [0, 0.05) is 13.6 Å². The molecule has 64 valence electrons. The van der Waals surface area contributed by atoms with Gasteiger partial charge in [-0.25, -0.2) is 5.06 Å². The van der Waals surface area contributed by atoms with Crippen molar-refractivity contribution in [3.8, 4) is 0 Å². The van der Waals surface area contributed by atoms with Crippen LogP contribution in [0.4, 0.5) is 0 Å². The van der Waals surface area contributed by atoms with Gasteiger partial charge in [-0.15, -0.1) is 0 Å². The molecule has 11 heavy (non-hydrogen) atoms. The summed E-state index contributed by atoms with van der Waals surface area (Å²) in [6.07, 6.45) is 1.90. The molecule has 1 atom stereocenters. The SMILES string of the molecule is CN(O)C(=O)[C@H]1CCCNC1. The highest BCUT2D eigenvalue weighted by molar-refractivity contribution is 5.77. The van der Waals surface area contributed by atoms with Crippen LogP contribution in [0.25, 0.3) is 0 Å². The second kappa shape index (κ2) is 3.69. The Morgan fingerprint density at radius 3 is 2.91 bits per heavy atom. The largest absolute Gasteiger partial charge is 0.316 e. The molecule has 0 aromatic heterocycles. The van der Waals surface area contributed by atoms with E-state index in [1.807, 2.05) is 0 Å². The van der Waals surface area contributed by atoms with E-state index in [0.29, 0.717) is 11.6 Å². The summed E-state index contributed by atoms with van der Waals surface area (Å²) in [4.78, 5) is 11.1. The predicted octanol–water partition coefficient (Wildman–Crippen LogP) is -0.166. The number of nitrogens with one attached hydrogen (secondary N) is 1. The molecule has 0 aliphatic carbocycles. The van der Waals surface area contributed by atoms with E-state index in [4.69, 9.17) is 5.21 Å². The Morgan fingerprint density at radius 1 is 1.73 bits per heavy atom. The van der Waals surface area contributed by atoms with Crippen LogP contribution in [-0.4, -0.2) is 36.3 Å². The first-order valence-electron chi connectivity index (χ1n) is 3.89. The maximum Gasteiger partial charge on any atom is 0.250 e. The number of carbonyl (C=O) groups excluding carboxylic acids is 1. The number of carbonyl (C=O) groups is 1. The van der Waals surface area contributed by atoms with Crippen LogP contribution < -0.4 is 5.32 Å². The Kier molecular flexibility index (Phi) is 2.84. The molecule has 0 aromatic rings. The minimum atomic E-state index is -0.183. The molecular formula is C7H14N2O2. The lowest BCUT2D eigenvalue weighted by Gasteiger charge is -2.23. The molecule has 4 heteroatoms. The van der Waals surface area contributed by atoms with E-state index < -0.39 is 0 Å². The molecule has 0 aromatic carbocycles. The highest BCUT2D eigenvalue weighted by atomic mass is 16.5. The Balaban J connectivity index is 2.39. The number of piperidine rings is 1. The lowest BCUT2D eigenvalue weighted by atomic mass is 9.99. The Hall–Kier alpha value is -0.610. The van der Waals surface area contributed by atoms with E-state index in [9.17, 15) is 4.79 Å². The monoisotopic (exact) mass is 158 g/mol. The first kappa shape index (κ1) is 8.49. The molecule has 0 unspecified atom stereocenters. The van der Waals surface area contributed by atoms with Crippen molar-refractivity contribution < 1.29 is 10.0 Å². The van der Waals surface area contributed by atoms with Crippen molar-refractivity contribution in [2.24, 2.45) is 5.92 Å². The summed E-state index contributed by atoms with van der Waals surface area (Å²) in [6, 6.07) is 0. The summed E-state index contributed by atoms with van der Waals surface area (Å²) in [5, 5.41) is 12.6. The van der Waals surface area contributed by atoms with E-state index >= 15 is 0 Å². The average molecular weight is 158 g/mol. The minimum Gasteiger partial charge on any atom is -0.316 e. The van der Waals surface area contributed by atoms with Gasteiger partial charge < -0.3 is 5.32 Å². The van der Waals surface area contributed by atoms with Gasteiger partial charge in [0.25, 0.3) is 0 Å². The molecule has 0 radical (unpaired) electrons. The number of hydroxylamine groups is 2. The van der Waals surface area contributed by atoms with Gasteiger partial charge in [-0.05, 0) is 19.4 Å². The van der Waals surface area contributed by atoms with Crippen molar-refractivity contribution in [3.05, 3.63) is 0 Å². The van der Waals surface area contributed by atoms with Gasteiger partial charge in [0.05, 0.1) is 5.92 Å². The van der Waals surface area contributed by atoms with E-state index in [1.54, 1.807) is 0 Å². The zero-order chi connectivity index (χ0) is 8.27. The van der Waals surface area contributed by atoms with E-state index in [1.165, 1.54) is 7.05 Å². The topological polar surface area (TPSA) is 52.6 Å². The third-order valence-electron chi connectivity index (χ3n) is 1.97. The molecular weight excluding hydrogens is 144 g/mol. The Labute approximate surface area is 66.1 Å². The highest BCUT2D eigenvalue weighted by Crippen LogP contribution is 2.11. The molecule has 1 aliphatic rings. The van der Waals surface area contributed by atoms with Crippen molar-refractivity contribution in [3.63, 3.8) is 0 Å². The number of amides is 1. The van der Waals surface area contributed by atoms with Gasteiger partial charge in [0.2, 0.25) is 5.91 Å². The molecule has 1 saturated heterocycles. The predicted molar refractivity (Wildman–Crippen MR) is 40.2 cm³/mol. The van der Waals surface area contributed by atoms with Crippen LogP contribution in [0.3, 0.4) is 0 Å². The van der Waals surface area contributed by atoms with Gasteiger partial charge in [-0.2, -0.15) is 0 Å². The molecule has 4 nitrogen and oxygen atoms in total. The van der Waals surface area contributed by atoms with Crippen molar-refractivity contribution >= 4 is 5.91 Å². The summed E-state index contributed by atoms with van der Waals surface area (Å²) in [5.41, 5.74) is 0. The van der Waals surface area contributed by atoms with Crippen LogP contribution >= 0.6 is 0 Å². The smallest absolute Gasteiger partial charge is 0.250 e. The molecule has 1 heterocycles. The van der Waals surface area contributed by atoms with Gasteiger partial charge in [-0.1, -0.05) is 0 Å². The summed E-state index contributed by atoms with van der Waals surface area (Å²) in [7, 11) is 1.37. The summed E-state index contributed by atoms with van der Waals surface area (Å²) >= 11 is 0. The van der Waals surface area contributed by atoms with E-state index in [-0.39, 0.29) is 11.8 Å². The fraction of sp³-hybridized carbons (Fsp3) is 0.857. The third-order valence-corrected chi connectivity index (χ3v) is 1.97. The maximum atomic E-state index is 11.1. The first-order valence-corrected chi connectivity index (χ1v) is 3.89. The zero-order valence-corrected chi connectivity index (χ0v) is 6.71. The van der Waals surface area contributed by atoms with Crippen molar-refractivity contribution in [2.75, 3.05) is 20.1 Å². The second-order valence-electron chi connectivity index (χ2n) is 2.91. The first-order chi connectivity index (χ1) is 5.22. The van der Waals surface area contributed by atoms with Crippen LogP contribution in [0.1, 0.15) is 12.8 Å². The van der Waals surface area contributed by atoms with Crippen LogP contribution in [0.5, 0.6) is 0 Å². The summed E-state index contributed by atoms with van der Waals surface area (Å²) in [5.74, 6) is -0.212. The average Bonchev–Trinajstić information content (AvgIpc) is 2.05. The van der Waals surface area contributed by atoms with E-state index in [0.717, 1.165) is 19.4 Å². The highest BCUT2D eigenvalue weighted by Gasteiger charge is 2.22. The van der Waals surface area contributed by atoms with Crippen molar-refractivity contribution in [1.29, 1.82) is 0 Å². The molecule has 1 fully saturated rings. The quantitative estimate of drug-likeness (QED) is 0.411. The minimum absolute atomic E-state index is 0.0289. The van der Waals surface area contributed by atoms with Gasteiger partial charge >= 0.3 is 0 Å². The zero-order valence-electron chi connectivity index (χ0n) is 6.71. The molecule has 0 saturated carbocycles. The standard InChI is InChI=1S/C7H14N2O2/c1-9(11)7(10)6-3-2-4-8-5-6/h6,8,11H,2-5H2,1H3/t6-/m0/s1.